The predicted molar refractivity (Wildman–Crippen MR) is 395 cm³/mol. The van der Waals surface area contributed by atoms with Gasteiger partial charge in [-0.25, -0.2) is 88.7 Å². The predicted octanol–water partition coefficient (Wildman–Crippen LogP) is 19.2. The fraction of sp³-hybridized carbons (Fsp3) is 0.585. The normalized spacial score (nSPS) is 24.5. The van der Waals surface area contributed by atoms with Gasteiger partial charge in [0.15, 0.2) is 0 Å². The van der Waals surface area contributed by atoms with E-state index in [9.17, 15) is 0 Å². The smallest absolute Gasteiger partial charge is 1.00 e. The summed E-state index contributed by atoms with van der Waals surface area (Å²) in [7, 11) is 0. The number of alkyl halides is 2. The van der Waals surface area contributed by atoms with E-state index in [0.717, 1.165) is 154 Å². The van der Waals surface area contributed by atoms with Crippen LogP contribution in [0.5, 0.6) is 0 Å². The molecule has 5 saturated carbocycles. The van der Waals surface area contributed by atoms with E-state index in [1.165, 1.54) is 119 Å². The van der Waals surface area contributed by atoms with Crippen LogP contribution in [-0.4, -0.2) is 27.6 Å². The molecule has 0 aromatic carbocycles. The van der Waals surface area contributed by atoms with Crippen molar-refractivity contribution in [2.24, 2.45) is 35.5 Å². The number of nitriles is 2. The maximum atomic E-state index is 9.02. The molecule has 11 aliphatic rings. The number of hydrogen-bond acceptors (Lipinski definition) is 2. The van der Waals surface area contributed by atoms with Crippen molar-refractivity contribution in [2.75, 3.05) is 10.7 Å². The summed E-state index contributed by atoms with van der Waals surface area (Å²) in [6.07, 6.45) is 58.1. The molecular formula is C82H102Br2N10Na2. The molecule has 10 nitrogen and oxygen atoms in total. The summed E-state index contributed by atoms with van der Waals surface area (Å²) in [5.41, 5.74) is 10.5. The maximum absolute atomic E-state index is 9.02. The Kier molecular flexibility index (Phi) is 40.8. The average Bonchev–Trinajstić information content (AvgIpc) is 1.61. The summed E-state index contributed by atoms with van der Waals surface area (Å²) in [5.74, 6) is 2.93. The Morgan fingerprint density at radius 3 is 1.50 bits per heavy atom. The van der Waals surface area contributed by atoms with Gasteiger partial charge in [-0.05, 0) is 209 Å². The van der Waals surface area contributed by atoms with Crippen molar-refractivity contribution in [3.63, 3.8) is 0 Å². The molecule has 0 radical (unpaired) electrons. The standard InChI is InChI=1S/C18H22N2.C16H18N2.2C15H18N2.C8H8N2.C7H11Br.C3H5Br.2Na.2H/c1-5-13-18(19-3,20-4)17-12-8-11-16(17)15-10-7-6-9-14(15)2;1-17-16(18-2)11-10-12-6-3-4-7-13(12)14-8-5-9-15(14)16;1-11-6-3-4-7-12(11)13-8-5-9-14(13)15(10-16)17-2;1-16-15(17-2,14-10-6-7-11-14)12-13-8-4-3-5-9-13;1-10-8(6-9)7-4-2-3-5-7;8-6-7-4-2-1-3-5-7;1-2-3-4;;;;/h5,12,15-16H,1-2,6-11,13H2;9-10,13-14H,3-8,11H2;12-13H,1,3-9H2;8,10H,3-7,9,11-12H2;2-5H2;4H,1-3,5-6H2;2H,1,3H2;;;;/q;;;;;;;2*+1;2*-1/b;;15-14+;;;;;;;;/t15-,16+;13-,14+;12-,13+;;;;;;;;/m000......../s1. The molecule has 0 aromatic heterocycles. The van der Waals surface area contributed by atoms with Gasteiger partial charge in [-0.15, -0.1) is 13.2 Å². The van der Waals surface area contributed by atoms with Crippen molar-refractivity contribution in [1.29, 1.82) is 10.5 Å². The second kappa shape index (κ2) is 46.2. The summed E-state index contributed by atoms with van der Waals surface area (Å²) >= 11 is 6.57. The van der Waals surface area contributed by atoms with Crippen molar-refractivity contribution in [1.82, 2.24) is 0 Å². The first-order valence-corrected chi connectivity index (χ1v) is 37.2. The first-order valence-electron chi connectivity index (χ1n) is 35.0. The zero-order chi connectivity index (χ0) is 68.2. The Labute approximate surface area is 644 Å². The summed E-state index contributed by atoms with van der Waals surface area (Å²) in [4.78, 5) is 28.9. The third-order valence-electron chi connectivity index (χ3n) is 21.1. The molecule has 5 fully saturated rings. The van der Waals surface area contributed by atoms with E-state index < -0.39 is 17.0 Å². The number of nitrogens with zero attached hydrogens (tertiary/aromatic N) is 10. The zero-order valence-electron chi connectivity index (χ0n) is 60.2. The van der Waals surface area contributed by atoms with Crippen molar-refractivity contribution in [3.05, 3.63) is 233 Å². The first kappa shape index (κ1) is 85.0. The summed E-state index contributed by atoms with van der Waals surface area (Å²) in [6.45, 7) is 74.3. The zero-order valence-corrected chi connectivity index (χ0v) is 65.4. The first-order chi connectivity index (χ1) is 45.8. The van der Waals surface area contributed by atoms with Gasteiger partial charge >= 0.3 is 76.1 Å². The molecule has 0 amide bonds. The molecule has 11 aliphatic carbocycles. The number of allylic oxidation sites excluding steroid dienone is 14. The molecule has 0 unspecified atom stereocenters. The fourth-order valence-electron chi connectivity index (χ4n) is 16.2. The molecule has 0 N–H and O–H groups in total. The quantitative estimate of drug-likeness (QED) is 0.0718. The van der Waals surface area contributed by atoms with Crippen LogP contribution in [0.2, 0.25) is 0 Å². The Balaban J connectivity index is 0.000000587. The minimum atomic E-state index is -1.04. The van der Waals surface area contributed by atoms with E-state index in [1.807, 2.05) is 6.07 Å². The third kappa shape index (κ3) is 23.7. The van der Waals surface area contributed by atoms with Gasteiger partial charge in [0.2, 0.25) is 0 Å². The van der Waals surface area contributed by atoms with Crippen molar-refractivity contribution in [2.45, 2.75) is 255 Å². The Hall–Kier alpha value is -5.26. The minimum absolute atomic E-state index is 0. The SMILES string of the molecule is BrCC1=CCCCC1.C=CCBr.[C-]#[N+]/C(C#N)=C1\CCC[C@@H]1[C@H]1CCCCC1=C.[C-]#[N+]C(C#N)=C1CCCC1.[C-]#[N+]C(CC1=CCCCC1)([N+]#[C-])C1=CCCC1.[C-]#[N+]C(CC=C)([N+]#[C-])C1=CCC[C@@H]1[C@H]1CCCCC1=C.[C-]#[N+]C1([N+]#[C-])CC=C2CCCC[C@@H]2[C@H]2CCC=C21.[H-].[H-].[Na+].[Na+]. The molecule has 0 spiro atoms. The van der Waals surface area contributed by atoms with E-state index in [2.05, 4.69) is 139 Å². The van der Waals surface area contributed by atoms with Gasteiger partial charge in [-0.3, -0.25) is 0 Å². The fourth-order valence-corrected chi connectivity index (χ4v) is 16.7. The second-order valence-corrected chi connectivity index (χ2v) is 27.9. The average molecular weight is 1430 g/mol. The van der Waals surface area contributed by atoms with Gasteiger partial charge < -0.3 is 2.85 Å². The van der Waals surface area contributed by atoms with E-state index in [1.54, 1.807) is 23.3 Å². The molecule has 11 rings (SSSR count). The molecule has 0 bridgehead atoms. The van der Waals surface area contributed by atoms with Crippen LogP contribution in [-0.2, 0) is 0 Å². The van der Waals surface area contributed by atoms with Crippen molar-refractivity contribution >= 4 is 31.9 Å². The molecule has 0 heterocycles. The van der Waals surface area contributed by atoms with Gasteiger partial charge in [0.1, 0.15) is 30.4 Å². The molecular weight excluding hydrogens is 1330 g/mol. The molecule has 6 atom stereocenters. The monoisotopic (exact) mass is 1430 g/mol. The molecule has 0 aromatic rings. The molecule has 0 aliphatic heterocycles. The van der Waals surface area contributed by atoms with Gasteiger partial charge in [0.05, 0.1) is 30.9 Å². The van der Waals surface area contributed by atoms with Crippen LogP contribution < -0.4 is 59.1 Å². The topological polar surface area (TPSA) is 82.5 Å². The Bertz CT molecular complexity index is 3320. The number of halogens is 2. The van der Waals surface area contributed by atoms with Crippen LogP contribution in [0.4, 0.5) is 0 Å². The number of rotatable bonds is 10. The van der Waals surface area contributed by atoms with E-state index in [0.29, 0.717) is 66.2 Å². The van der Waals surface area contributed by atoms with Gasteiger partial charge in [-0.2, -0.15) is 0 Å². The Morgan fingerprint density at radius 1 is 0.510 bits per heavy atom. The van der Waals surface area contributed by atoms with Crippen LogP contribution in [0.1, 0.15) is 240 Å². The van der Waals surface area contributed by atoms with E-state index in [-0.39, 0.29) is 62.0 Å². The van der Waals surface area contributed by atoms with Crippen molar-refractivity contribution in [3.8, 4) is 12.1 Å². The van der Waals surface area contributed by atoms with E-state index >= 15 is 0 Å². The number of hydrogen-bond donors (Lipinski definition) is 0. The van der Waals surface area contributed by atoms with Gasteiger partial charge in [-0.1, -0.05) is 166 Å². The third-order valence-corrected chi connectivity index (χ3v) is 22.3. The number of fused-ring (bicyclic) bond motifs is 3. The molecule has 96 heavy (non-hydrogen) atoms. The molecule has 496 valence electrons. The summed E-state index contributed by atoms with van der Waals surface area (Å²) in [6, 6.07) is 3.99. The van der Waals surface area contributed by atoms with Crippen LogP contribution in [0.25, 0.3) is 38.8 Å². The second-order valence-electron chi connectivity index (χ2n) is 26.7. The molecule has 0 saturated heterocycles. The van der Waals surface area contributed by atoms with Crippen LogP contribution in [0.15, 0.2) is 142 Å². The van der Waals surface area contributed by atoms with Gasteiger partial charge in [0.25, 0.3) is 11.4 Å². The van der Waals surface area contributed by atoms with E-state index in [4.69, 9.17) is 63.1 Å². The minimum Gasteiger partial charge on any atom is -1.00 e. The van der Waals surface area contributed by atoms with Crippen LogP contribution in [0.3, 0.4) is 0 Å². The maximum Gasteiger partial charge on any atom is 1.00 e. The van der Waals surface area contributed by atoms with Gasteiger partial charge in [0, 0.05) is 22.5 Å². The summed E-state index contributed by atoms with van der Waals surface area (Å²) in [5, 5.41) is 19.5. The summed E-state index contributed by atoms with van der Waals surface area (Å²) < 4.78 is 0. The molecule has 14 heteroatoms. The van der Waals surface area contributed by atoms with Crippen molar-refractivity contribution < 1.29 is 62.0 Å². The van der Waals surface area contributed by atoms with Crippen LogP contribution in [0, 0.1) is 111 Å². The van der Waals surface area contributed by atoms with Crippen LogP contribution >= 0.6 is 31.9 Å². The largest absolute Gasteiger partial charge is 1.00 e. The Morgan fingerprint density at radius 2 is 1.02 bits per heavy atom.